The zero-order valence-corrected chi connectivity index (χ0v) is 15.5. The number of hydrogen-bond acceptors (Lipinski definition) is 5. The lowest BCUT2D eigenvalue weighted by Gasteiger charge is -2.15. The second-order valence-corrected chi connectivity index (χ2v) is 6.57. The van der Waals surface area contributed by atoms with Crippen LogP contribution in [0.15, 0.2) is 29.8 Å². The fourth-order valence-electron chi connectivity index (χ4n) is 2.75. The normalized spacial score (nSPS) is 15.5. The standard InChI is InChI=1S/C20H23N3O4/c1-13-7-9-15(10-8-13)11-16(12-21)19(25)27-14(2)18(24)23-20(26)22-17-5-3-4-6-17/h7-11,14,17H,3-6H2,1-2H3,(H2,22,23,24,26)/b16-11+/t14-/m0/s1. The average Bonchev–Trinajstić information content (AvgIpc) is 3.13. The molecule has 1 atom stereocenters. The van der Waals surface area contributed by atoms with Gasteiger partial charge in [0.05, 0.1) is 0 Å². The van der Waals surface area contributed by atoms with Gasteiger partial charge in [0.2, 0.25) is 0 Å². The highest BCUT2D eigenvalue weighted by molar-refractivity contribution is 6.01. The van der Waals surface area contributed by atoms with Gasteiger partial charge in [-0.05, 0) is 38.3 Å². The van der Waals surface area contributed by atoms with E-state index >= 15 is 0 Å². The van der Waals surface area contributed by atoms with Crippen molar-refractivity contribution in [3.8, 4) is 6.07 Å². The maximum atomic E-state index is 12.1. The number of nitrogens with one attached hydrogen (secondary N) is 2. The minimum absolute atomic E-state index is 0.0679. The van der Waals surface area contributed by atoms with Gasteiger partial charge in [0.1, 0.15) is 11.6 Å². The number of hydrogen-bond donors (Lipinski definition) is 2. The molecule has 7 nitrogen and oxygen atoms in total. The van der Waals surface area contributed by atoms with Gasteiger partial charge in [-0.25, -0.2) is 9.59 Å². The molecule has 7 heteroatoms. The monoisotopic (exact) mass is 369 g/mol. The molecule has 3 amide bonds. The van der Waals surface area contributed by atoms with E-state index < -0.39 is 24.0 Å². The number of amides is 3. The molecule has 0 heterocycles. The minimum Gasteiger partial charge on any atom is -0.448 e. The maximum absolute atomic E-state index is 12.1. The number of urea groups is 1. The number of esters is 1. The Bertz CT molecular complexity index is 771. The van der Waals surface area contributed by atoms with Crippen molar-refractivity contribution in [3.05, 3.63) is 41.0 Å². The van der Waals surface area contributed by atoms with Crippen LogP contribution in [-0.2, 0) is 14.3 Å². The average molecular weight is 369 g/mol. The molecule has 0 bridgehead atoms. The summed E-state index contributed by atoms with van der Waals surface area (Å²) in [5.74, 6) is -1.66. The SMILES string of the molecule is Cc1ccc(/C=C(\C#N)C(=O)O[C@@H](C)C(=O)NC(=O)NC2CCCC2)cc1. The largest absolute Gasteiger partial charge is 0.448 e. The van der Waals surface area contributed by atoms with E-state index in [9.17, 15) is 19.6 Å². The molecule has 27 heavy (non-hydrogen) atoms. The summed E-state index contributed by atoms with van der Waals surface area (Å²) in [5.41, 5.74) is 1.49. The van der Waals surface area contributed by atoms with Crippen LogP contribution >= 0.6 is 0 Å². The summed E-state index contributed by atoms with van der Waals surface area (Å²) in [7, 11) is 0. The van der Waals surface area contributed by atoms with Crippen molar-refractivity contribution < 1.29 is 19.1 Å². The Hall–Kier alpha value is -3.14. The van der Waals surface area contributed by atoms with Crippen molar-refractivity contribution in [2.75, 3.05) is 0 Å². The van der Waals surface area contributed by atoms with Crippen LogP contribution < -0.4 is 10.6 Å². The van der Waals surface area contributed by atoms with Gasteiger partial charge in [0.25, 0.3) is 5.91 Å². The first kappa shape index (κ1) is 20.2. The maximum Gasteiger partial charge on any atom is 0.349 e. The fraction of sp³-hybridized carbons (Fsp3) is 0.400. The molecule has 0 saturated heterocycles. The Morgan fingerprint density at radius 2 is 1.85 bits per heavy atom. The van der Waals surface area contributed by atoms with Gasteiger partial charge >= 0.3 is 12.0 Å². The molecule has 1 fully saturated rings. The van der Waals surface area contributed by atoms with Crippen LogP contribution in [0.2, 0.25) is 0 Å². The Morgan fingerprint density at radius 1 is 1.22 bits per heavy atom. The van der Waals surface area contributed by atoms with Crippen molar-refractivity contribution in [3.63, 3.8) is 0 Å². The number of nitriles is 1. The first-order valence-corrected chi connectivity index (χ1v) is 8.90. The molecule has 0 radical (unpaired) electrons. The van der Waals surface area contributed by atoms with Gasteiger partial charge in [-0.2, -0.15) is 5.26 Å². The van der Waals surface area contributed by atoms with Crippen molar-refractivity contribution in [1.82, 2.24) is 10.6 Å². The lowest BCUT2D eigenvalue weighted by molar-refractivity contribution is -0.150. The Kier molecular flexibility index (Phi) is 7.12. The summed E-state index contributed by atoms with van der Waals surface area (Å²) >= 11 is 0. The predicted molar refractivity (Wildman–Crippen MR) is 99.3 cm³/mol. The quantitative estimate of drug-likeness (QED) is 0.471. The highest BCUT2D eigenvalue weighted by Gasteiger charge is 2.24. The number of carbonyl (C=O) groups is 3. The van der Waals surface area contributed by atoms with E-state index in [1.165, 1.54) is 13.0 Å². The smallest absolute Gasteiger partial charge is 0.349 e. The van der Waals surface area contributed by atoms with Crippen molar-refractivity contribution in [2.45, 2.75) is 51.7 Å². The molecule has 0 unspecified atom stereocenters. The van der Waals surface area contributed by atoms with Crippen LogP contribution in [0.1, 0.15) is 43.7 Å². The Morgan fingerprint density at radius 3 is 2.44 bits per heavy atom. The molecule has 0 aliphatic heterocycles. The van der Waals surface area contributed by atoms with Gasteiger partial charge in [-0.15, -0.1) is 0 Å². The van der Waals surface area contributed by atoms with Crippen LogP contribution in [0.25, 0.3) is 6.08 Å². The molecule has 142 valence electrons. The summed E-state index contributed by atoms with van der Waals surface area (Å²) in [4.78, 5) is 36.0. The van der Waals surface area contributed by atoms with Crippen LogP contribution in [-0.4, -0.2) is 30.1 Å². The Balaban J connectivity index is 1.90. The highest BCUT2D eigenvalue weighted by Crippen LogP contribution is 2.17. The van der Waals surface area contributed by atoms with E-state index in [-0.39, 0.29) is 11.6 Å². The van der Waals surface area contributed by atoms with E-state index in [0.29, 0.717) is 5.56 Å². The van der Waals surface area contributed by atoms with Crippen molar-refractivity contribution in [2.24, 2.45) is 0 Å². The zero-order valence-electron chi connectivity index (χ0n) is 15.5. The molecule has 1 aromatic carbocycles. The van der Waals surface area contributed by atoms with Crippen LogP contribution in [0.4, 0.5) is 4.79 Å². The number of imide groups is 1. The number of aryl methyl sites for hydroxylation is 1. The van der Waals surface area contributed by atoms with E-state index in [0.717, 1.165) is 31.2 Å². The fourth-order valence-corrected chi connectivity index (χ4v) is 2.75. The highest BCUT2D eigenvalue weighted by atomic mass is 16.5. The van der Waals surface area contributed by atoms with Crippen molar-refractivity contribution >= 4 is 24.0 Å². The van der Waals surface area contributed by atoms with E-state index in [1.54, 1.807) is 18.2 Å². The minimum atomic E-state index is -1.21. The van der Waals surface area contributed by atoms with E-state index in [1.807, 2.05) is 19.1 Å². The third-order valence-electron chi connectivity index (χ3n) is 4.31. The molecule has 2 rings (SSSR count). The van der Waals surface area contributed by atoms with E-state index in [4.69, 9.17) is 4.74 Å². The van der Waals surface area contributed by atoms with Gasteiger partial charge in [0.15, 0.2) is 6.10 Å². The molecule has 1 aromatic rings. The van der Waals surface area contributed by atoms with Crippen molar-refractivity contribution in [1.29, 1.82) is 5.26 Å². The van der Waals surface area contributed by atoms with Crippen LogP contribution in [0, 0.1) is 18.3 Å². The molecule has 0 aromatic heterocycles. The number of carbonyl (C=O) groups excluding carboxylic acids is 3. The molecule has 2 N–H and O–H groups in total. The molecule has 1 aliphatic rings. The summed E-state index contributed by atoms with van der Waals surface area (Å²) in [6, 6.07) is 8.48. The predicted octanol–water partition coefficient (Wildman–Crippen LogP) is 2.60. The van der Waals surface area contributed by atoms with Gasteiger partial charge < -0.3 is 10.1 Å². The third kappa shape index (κ3) is 6.26. The second kappa shape index (κ2) is 9.53. The topological polar surface area (TPSA) is 108 Å². The number of nitrogens with zero attached hydrogens (tertiary/aromatic N) is 1. The Labute approximate surface area is 158 Å². The molecule has 1 saturated carbocycles. The number of benzene rings is 1. The van der Waals surface area contributed by atoms with Gasteiger partial charge in [0, 0.05) is 6.04 Å². The summed E-state index contributed by atoms with van der Waals surface area (Å²) in [5, 5.41) is 14.1. The second-order valence-electron chi connectivity index (χ2n) is 6.57. The van der Waals surface area contributed by atoms with Crippen LogP contribution in [0.5, 0.6) is 0 Å². The zero-order chi connectivity index (χ0) is 19.8. The van der Waals surface area contributed by atoms with Gasteiger partial charge in [-0.3, -0.25) is 10.1 Å². The third-order valence-corrected chi connectivity index (χ3v) is 4.31. The summed E-state index contributed by atoms with van der Waals surface area (Å²) < 4.78 is 5.01. The molecular formula is C20H23N3O4. The molecule has 0 spiro atoms. The molecule has 1 aliphatic carbocycles. The first-order valence-electron chi connectivity index (χ1n) is 8.90. The number of ether oxygens (including phenoxy) is 1. The molecular weight excluding hydrogens is 346 g/mol. The lowest BCUT2D eigenvalue weighted by atomic mass is 10.1. The van der Waals surface area contributed by atoms with E-state index in [2.05, 4.69) is 10.6 Å². The first-order chi connectivity index (χ1) is 12.9. The number of rotatable bonds is 5. The van der Waals surface area contributed by atoms with Crippen LogP contribution in [0.3, 0.4) is 0 Å². The lowest BCUT2D eigenvalue weighted by Crippen LogP contribution is -2.47. The summed E-state index contributed by atoms with van der Waals surface area (Å²) in [6.45, 7) is 3.27. The van der Waals surface area contributed by atoms with Gasteiger partial charge in [-0.1, -0.05) is 42.7 Å². The summed E-state index contributed by atoms with van der Waals surface area (Å²) in [6.07, 6.45) is 4.07.